The molecule has 0 unspecified atom stereocenters. The monoisotopic (exact) mass is 342 g/mol. The number of halogens is 1. The van der Waals surface area contributed by atoms with E-state index >= 15 is 0 Å². The number of sulfonamides is 1. The first-order chi connectivity index (χ1) is 10.9. The number of carbonyl (C=O) groups excluding carboxylic acids is 1. The van der Waals surface area contributed by atoms with Crippen LogP contribution in [0.1, 0.15) is 31.2 Å². The predicted octanol–water partition coefficient (Wildman–Crippen LogP) is 1.69. The average Bonchev–Trinajstić information content (AvgIpc) is 2.98. The molecule has 0 aliphatic heterocycles. The number of hydrogen-bond acceptors (Lipinski definition) is 3. The van der Waals surface area contributed by atoms with Crippen LogP contribution in [-0.2, 0) is 21.2 Å². The van der Waals surface area contributed by atoms with Gasteiger partial charge in [-0.05, 0) is 24.5 Å². The van der Waals surface area contributed by atoms with E-state index in [4.69, 9.17) is 0 Å². The van der Waals surface area contributed by atoms with Crippen molar-refractivity contribution < 1.29 is 17.6 Å². The van der Waals surface area contributed by atoms with Crippen molar-refractivity contribution in [1.29, 1.82) is 0 Å². The molecule has 7 heteroatoms. The molecule has 1 fully saturated rings. The van der Waals surface area contributed by atoms with E-state index in [1.165, 1.54) is 16.6 Å². The molecule has 0 atom stereocenters. The Balaban J connectivity index is 1.84. The van der Waals surface area contributed by atoms with Crippen LogP contribution in [-0.4, -0.2) is 44.0 Å². The van der Waals surface area contributed by atoms with Crippen LogP contribution in [0.2, 0.25) is 0 Å². The first-order valence-corrected chi connectivity index (χ1v) is 9.69. The molecular weight excluding hydrogens is 319 g/mol. The van der Waals surface area contributed by atoms with Crippen molar-refractivity contribution in [2.45, 2.75) is 38.1 Å². The number of rotatable bonds is 7. The zero-order valence-corrected chi connectivity index (χ0v) is 14.1. The standard InChI is InChI=1S/C16H23FN2O3S/c1-23(21,22)19(14-7-3-4-8-14)11-10-18-16(20)12-13-6-2-5-9-15(13)17/h2,5-6,9,14H,3-4,7-8,10-12H2,1H3,(H,18,20). The summed E-state index contributed by atoms with van der Waals surface area (Å²) < 4.78 is 38.8. The minimum Gasteiger partial charge on any atom is -0.354 e. The normalized spacial score (nSPS) is 16.0. The van der Waals surface area contributed by atoms with Gasteiger partial charge in [0.2, 0.25) is 15.9 Å². The topological polar surface area (TPSA) is 66.5 Å². The summed E-state index contributed by atoms with van der Waals surface area (Å²) in [4.78, 5) is 11.9. The number of nitrogens with one attached hydrogen (secondary N) is 1. The van der Waals surface area contributed by atoms with E-state index in [-0.39, 0.29) is 31.5 Å². The minimum atomic E-state index is -3.29. The average molecular weight is 342 g/mol. The second-order valence-corrected chi connectivity index (χ2v) is 7.87. The van der Waals surface area contributed by atoms with Crippen LogP contribution in [0.25, 0.3) is 0 Å². The first-order valence-electron chi connectivity index (χ1n) is 7.85. The van der Waals surface area contributed by atoms with Gasteiger partial charge in [0.1, 0.15) is 5.82 Å². The largest absolute Gasteiger partial charge is 0.354 e. The van der Waals surface area contributed by atoms with Gasteiger partial charge in [-0.1, -0.05) is 31.0 Å². The van der Waals surface area contributed by atoms with Gasteiger partial charge in [0.05, 0.1) is 12.7 Å². The zero-order valence-electron chi connectivity index (χ0n) is 13.3. The van der Waals surface area contributed by atoms with Gasteiger partial charge >= 0.3 is 0 Å². The van der Waals surface area contributed by atoms with Gasteiger partial charge in [0.25, 0.3) is 0 Å². The fourth-order valence-corrected chi connectivity index (χ4v) is 4.17. The van der Waals surface area contributed by atoms with Crippen molar-refractivity contribution in [3.8, 4) is 0 Å². The molecule has 1 N–H and O–H groups in total. The molecule has 5 nitrogen and oxygen atoms in total. The second kappa shape index (κ2) is 7.88. The Bertz CT molecular complexity index is 642. The maximum Gasteiger partial charge on any atom is 0.224 e. The Morgan fingerprint density at radius 3 is 2.57 bits per heavy atom. The third-order valence-corrected chi connectivity index (χ3v) is 5.45. The van der Waals surface area contributed by atoms with E-state index in [1.807, 2.05) is 0 Å². The van der Waals surface area contributed by atoms with Crippen molar-refractivity contribution in [2.75, 3.05) is 19.3 Å². The minimum absolute atomic E-state index is 0.0356. The number of hydrogen-bond donors (Lipinski definition) is 1. The van der Waals surface area contributed by atoms with Crippen molar-refractivity contribution in [1.82, 2.24) is 9.62 Å². The molecule has 128 valence electrons. The van der Waals surface area contributed by atoms with Gasteiger partial charge in [0.15, 0.2) is 0 Å². The van der Waals surface area contributed by atoms with Gasteiger partial charge in [-0.15, -0.1) is 0 Å². The van der Waals surface area contributed by atoms with Crippen LogP contribution in [0, 0.1) is 5.82 Å². The molecule has 0 bridgehead atoms. The fourth-order valence-electron chi connectivity index (χ4n) is 2.99. The van der Waals surface area contributed by atoms with Crippen LogP contribution in [0.3, 0.4) is 0 Å². The lowest BCUT2D eigenvalue weighted by Gasteiger charge is -2.26. The summed E-state index contributed by atoms with van der Waals surface area (Å²) in [5, 5.41) is 2.67. The molecule has 0 spiro atoms. The molecular formula is C16H23FN2O3S. The smallest absolute Gasteiger partial charge is 0.224 e. The number of carbonyl (C=O) groups is 1. The van der Waals surface area contributed by atoms with Crippen molar-refractivity contribution >= 4 is 15.9 Å². The molecule has 0 aromatic heterocycles. The Hall–Kier alpha value is -1.47. The van der Waals surface area contributed by atoms with E-state index < -0.39 is 15.8 Å². The molecule has 2 rings (SSSR count). The van der Waals surface area contributed by atoms with E-state index in [1.54, 1.807) is 18.2 Å². The molecule has 0 saturated heterocycles. The van der Waals surface area contributed by atoms with E-state index in [2.05, 4.69) is 5.32 Å². The number of nitrogens with zero attached hydrogens (tertiary/aromatic N) is 1. The highest BCUT2D eigenvalue weighted by atomic mass is 32.2. The number of amides is 1. The predicted molar refractivity (Wildman–Crippen MR) is 86.9 cm³/mol. The Labute approximate surface area is 136 Å². The molecule has 23 heavy (non-hydrogen) atoms. The van der Waals surface area contributed by atoms with Gasteiger partial charge < -0.3 is 5.32 Å². The van der Waals surface area contributed by atoms with Gasteiger partial charge in [-0.25, -0.2) is 12.8 Å². The highest BCUT2D eigenvalue weighted by Gasteiger charge is 2.28. The summed E-state index contributed by atoms with van der Waals surface area (Å²) in [5.74, 6) is -0.721. The summed E-state index contributed by atoms with van der Waals surface area (Å²) in [6, 6.07) is 6.16. The van der Waals surface area contributed by atoms with Crippen LogP contribution in [0.4, 0.5) is 4.39 Å². The summed E-state index contributed by atoms with van der Waals surface area (Å²) in [6.45, 7) is 0.489. The lowest BCUT2D eigenvalue weighted by molar-refractivity contribution is -0.120. The lowest BCUT2D eigenvalue weighted by Crippen LogP contribution is -2.43. The third kappa shape index (κ3) is 5.28. The summed E-state index contributed by atoms with van der Waals surface area (Å²) in [6.07, 6.45) is 4.97. The zero-order chi connectivity index (χ0) is 16.9. The summed E-state index contributed by atoms with van der Waals surface area (Å²) >= 11 is 0. The molecule has 1 saturated carbocycles. The quantitative estimate of drug-likeness (QED) is 0.820. The first kappa shape index (κ1) is 17.9. The maximum atomic E-state index is 13.5. The molecule has 1 aliphatic rings. The van der Waals surface area contributed by atoms with E-state index in [0.29, 0.717) is 5.56 Å². The fraction of sp³-hybridized carbons (Fsp3) is 0.562. The Kier molecular flexibility index (Phi) is 6.12. The number of benzene rings is 1. The molecule has 1 aromatic carbocycles. The van der Waals surface area contributed by atoms with Crippen molar-refractivity contribution in [3.05, 3.63) is 35.6 Å². The van der Waals surface area contributed by atoms with Crippen LogP contribution in [0.5, 0.6) is 0 Å². The van der Waals surface area contributed by atoms with E-state index in [0.717, 1.165) is 25.7 Å². The van der Waals surface area contributed by atoms with E-state index in [9.17, 15) is 17.6 Å². The third-order valence-electron chi connectivity index (χ3n) is 4.12. The van der Waals surface area contributed by atoms with Crippen molar-refractivity contribution in [3.63, 3.8) is 0 Å². The van der Waals surface area contributed by atoms with Gasteiger partial charge in [-0.3, -0.25) is 4.79 Å². The summed E-state index contributed by atoms with van der Waals surface area (Å²) in [5.41, 5.74) is 0.334. The Morgan fingerprint density at radius 1 is 1.30 bits per heavy atom. The maximum absolute atomic E-state index is 13.5. The molecule has 1 aromatic rings. The molecule has 1 amide bonds. The second-order valence-electron chi connectivity index (χ2n) is 5.93. The van der Waals surface area contributed by atoms with Gasteiger partial charge in [0, 0.05) is 19.1 Å². The van der Waals surface area contributed by atoms with Crippen LogP contribution in [0.15, 0.2) is 24.3 Å². The van der Waals surface area contributed by atoms with Gasteiger partial charge in [-0.2, -0.15) is 4.31 Å². The molecule has 0 heterocycles. The van der Waals surface area contributed by atoms with Crippen LogP contribution >= 0.6 is 0 Å². The summed E-state index contributed by atoms with van der Waals surface area (Å²) in [7, 11) is -3.29. The molecule has 1 aliphatic carbocycles. The highest BCUT2D eigenvalue weighted by Crippen LogP contribution is 2.24. The van der Waals surface area contributed by atoms with Crippen LogP contribution < -0.4 is 5.32 Å². The highest BCUT2D eigenvalue weighted by molar-refractivity contribution is 7.88. The molecule has 0 radical (unpaired) electrons. The Morgan fingerprint density at radius 2 is 1.96 bits per heavy atom. The van der Waals surface area contributed by atoms with Crippen molar-refractivity contribution in [2.24, 2.45) is 0 Å². The lowest BCUT2D eigenvalue weighted by atomic mass is 10.1. The SMILES string of the molecule is CS(=O)(=O)N(CCNC(=O)Cc1ccccc1F)C1CCCC1.